The van der Waals surface area contributed by atoms with Crippen LogP contribution in [0.1, 0.15) is 51.4 Å². The van der Waals surface area contributed by atoms with Crippen LogP contribution in [0.4, 0.5) is 0 Å². The SMILES string of the molecule is NC1(C(=O)O)CCCC(C(=O)O)C1C1CCCCC1. The van der Waals surface area contributed by atoms with Gasteiger partial charge in [-0.05, 0) is 18.8 Å². The second kappa shape index (κ2) is 5.49. The molecule has 0 aromatic rings. The third-order valence-corrected chi connectivity index (χ3v) is 5.01. The van der Waals surface area contributed by atoms with Gasteiger partial charge in [-0.2, -0.15) is 0 Å². The summed E-state index contributed by atoms with van der Waals surface area (Å²) < 4.78 is 0. The van der Waals surface area contributed by atoms with E-state index in [9.17, 15) is 19.8 Å². The summed E-state index contributed by atoms with van der Waals surface area (Å²) in [5, 5.41) is 18.9. The zero-order valence-corrected chi connectivity index (χ0v) is 11.2. The van der Waals surface area contributed by atoms with E-state index >= 15 is 0 Å². The maximum atomic E-state index is 11.6. The van der Waals surface area contributed by atoms with Gasteiger partial charge in [0.25, 0.3) is 0 Å². The monoisotopic (exact) mass is 269 g/mol. The molecule has 5 heteroatoms. The summed E-state index contributed by atoms with van der Waals surface area (Å²) in [5.74, 6) is -2.79. The van der Waals surface area contributed by atoms with Crippen molar-refractivity contribution in [3.63, 3.8) is 0 Å². The van der Waals surface area contributed by atoms with Gasteiger partial charge in [-0.1, -0.05) is 38.5 Å². The number of rotatable bonds is 3. The highest BCUT2D eigenvalue weighted by molar-refractivity contribution is 5.81. The van der Waals surface area contributed by atoms with Crippen molar-refractivity contribution in [2.75, 3.05) is 0 Å². The summed E-state index contributed by atoms with van der Waals surface area (Å²) in [5.41, 5.74) is 4.78. The smallest absolute Gasteiger partial charge is 0.324 e. The first-order valence-corrected chi connectivity index (χ1v) is 7.22. The number of hydrogen-bond donors (Lipinski definition) is 3. The minimum Gasteiger partial charge on any atom is -0.481 e. The van der Waals surface area contributed by atoms with Gasteiger partial charge >= 0.3 is 11.9 Å². The molecule has 2 aliphatic rings. The van der Waals surface area contributed by atoms with E-state index < -0.39 is 29.3 Å². The fraction of sp³-hybridized carbons (Fsp3) is 0.857. The molecule has 2 rings (SSSR count). The molecule has 0 aliphatic heterocycles. The molecule has 2 aliphatic carbocycles. The Labute approximate surface area is 113 Å². The molecule has 0 amide bonds. The largest absolute Gasteiger partial charge is 0.481 e. The molecule has 3 unspecified atom stereocenters. The van der Waals surface area contributed by atoms with Crippen LogP contribution in [0.15, 0.2) is 0 Å². The van der Waals surface area contributed by atoms with E-state index in [1.807, 2.05) is 0 Å². The fourth-order valence-electron chi connectivity index (χ4n) is 4.09. The van der Waals surface area contributed by atoms with Gasteiger partial charge in [0.1, 0.15) is 5.54 Å². The predicted molar refractivity (Wildman–Crippen MR) is 69.6 cm³/mol. The first-order valence-electron chi connectivity index (χ1n) is 7.22. The molecule has 0 aromatic heterocycles. The van der Waals surface area contributed by atoms with E-state index in [2.05, 4.69) is 0 Å². The number of carbonyl (C=O) groups is 2. The molecule has 108 valence electrons. The minimum absolute atomic E-state index is 0.149. The molecule has 4 N–H and O–H groups in total. The van der Waals surface area contributed by atoms with Crippen molar-refractivity contribution < 1.29 is 19.8 Å². The fourth-order valence-corrected chi connectivity index (χ4v) is 4.09. The normalized spacial score (nSPS) is 36.9. The molecule has 0 spiro atoms. The summed E-state index contributed by atoms with van der Waals surface area (Å²) in [6.07, 6.45) is 6.65. The topological polar surface area (TPSA) is 101 Å². The van der Waals surface area contributed by atoms with Gasteiger partial charge in [0.15, 0.2) is 0 Å². The van der Waals surface area contributed by atoms with Crippen LogP contribution >= 0.6 is 0 Å². The van der Waals surface area contributed by atoms with E-state index in [1.54, 1.807) is 0 Å². The Morgan fingerprint density at radius 1 is 1.00 bits per heavy atom. The van der Waals surface area contributed by atoms with Gasteiger partial charge < -0.3 is 15.9 Å². The number of aliphatic carboxylic acids is 2. The van der Waals surface area contributed by atoms with Crippen molar-refractivity contribution >= 4 is 11.9 Å². The molecule has 0 heterocycles. The lowest BCUT2D eigenvalue weighted by Gasteiger charge is -2.46. The first kappa shape index (κ1) is 14.3. The number of nitrogens with two attached hydrogens (primary N) is 1. The number of carboxylic acids is 2. The zero-order chi connectivity index (χ0) is 14.0. The van der Waals surface area contributed by atoms with E-state index in [1.165, 1.54) is 0 Å². The van der Waals surface area contributed by atoms with Crippen LogP contribution in [0, 0.1) is 17.8 Å². The standard InChI is InChI=1S/C14H23NO4/c15-14(13(18)19)8-4-7-10(12(16)17)11(14)9-5-2-1-3-6-9/h9-11H,1-8,15H2,(H,16,17)(H,18,19). The van der Waals surface area contributed by atoms with Crippen molar-refractivity contribution in [1.82, 2.24) is 0 Å². The summed E-state index contributed by atoms with van der Waals surface area (Å²) in [6.45, 7) is 0. The average Bonchev–Trinajstić information content (AvgIpc) is 2.39. The van der Waals surface area contributed by atoms with Crippen LogP contribution < -0.4 is 5.73 Å². The van der Waals surface area contributed by atoms with E-state index in [0.29, 0.717) is 19.3 Å². The molecular formula is C14H23NO4. The molecule has 2 saturated carbocycles. The number of carboxylic acid groups (broad SMARTS) is 2. The molecule has 5 nitrogen and oxygen atoms in total. The van der Waals surface area contributed by atoms with Crippen LogP contribution in [0.3, 0.4) is 0 Å². The van der Waals surface area contributed by atoms with Crippen LogP contribution in [-0.4, -0.2) is 27.7 Å². The molecule has 2 fully saturated rings. The van der Waals surface area contributed by atoms with Gasteiger partial charge in [-0.15, -0.1) is 0 Å². The molecular weight excluding hydrogens is 246 g/mol. The predicted octanol–water partition coefficient (Wildman–Crippen LogP) is 1.85. The van der Waals surface area contributed by atoms with Gasteiger partial charge in [0.2, 0.25) is 0 Å². The van der Waals surface area contributed by atoms with Crippen LogP contribution in [-0.2, 0) is 9.59 Å². The lowest BCUT2D eigenvalue weighted by molar-refractivity contribution is -0.157. The summed E-state index contributed by atoms with van der Waals surface area (Å²) in [4.78, 5) is 23.0. The summed E-state index contributed by atoms with van der Waals surface area (Å²) in [7, 11) is 0. The van der Waals surface area contributed by atoms with E-state index in [-0.39, 0.29) is 5.92 Å². The molecule has 0 aromatic carbocycles. The van der Waals surface area contributed by atoms with Gasteiger partial charge in [0, 0.05) is 5.92 Å². The van der Waals surface area contributed by atoms with Gasteiger partial charge in [0.05, 0.1) is 5.92 Å². The highest BCUT2D eigenvalue weighted by Gasteiger charge is 2.53. The van der Waals surface area contributed by atoms with Crippen molar-refractivity contribution in [3.8, 4) is 0 Å². The molecule has 3 atom stereocenters. The average molecular weight is 269 g/mol. The van der Waals surface area contributed by atoms with Crippen molar-refractivity contribution in [3.05, 3.63) is 0 Å². The highest BCUT2D eigenvalue weighted by atomic mass is 16.4. The molecule has 0 bridgehead atoms. The van der Waals surface area contributed by atoms with Crippen molar-refractivity contribution in [2.24, 2.45) is 23.5 Å². The Morgan fingerprint density at radius 2 is 1.63 bits per heavy atom. The van der Waals surface area contributed by atoms with Gasteiger partial charge in [-0.25, -0.2) is 0 Å². The molecule has 19 heavy (non-hydrogen) atoms. The minimum atomic E-state index is -1.36. The Bertz CT molecular complexity index is 364. The van der Waals surface area contributed by atoms with Crippen LogP contribution in [0.5, 0.6) is 0 Å². The Morgan fingerprint density at radius 3 is 2.16 bits per heavy atom. The lowest BCUT2D eigenvalue weighted by Crippen LogP contribution is -2.61. The maximum Gasteiger partial charge on any atom is 0.324 e. The summed E-state index contributed by atoms with van der Waals surface area (Å²) in [6, 6.07) is 0. The lowest BCUT2D eigenvalue weighted by atomic mass is 9.59. The second-order valence-corrected chi connectivity index (χ2v) is 6.11. The molecule has 0 saturated heterocycles. The Hall–Kier alpha value is -1.10. The Balaban J connectivity index is 2.31. The van der Waals surface area contributed by atoms with Gasteiger partial charge in [-0.3, -0.25) is 9.59 Å². The third kappa shape index (κ3) is 2.61. The quantitative estimate of drug-likeness (QED) is 0.726. The second-order valence-electron chi connectivity index (χ2n) is 6.11. The maximum absolute atomic E-state index is 11.6. The van der Waals surface area contributed by atoms with E-state index in [0.717, 1.165) is 32.1 Å². The highest BCUT2D eigenvalue weighted by Crippen LogP contribution is 2.46. The summed E-state index contributed by atoms with van der Waals surface area (Å²) >= 11 is 0. The number of hydrogen-bond acceptors (Lipinski definition) is 3. The Kier molecular flexibility index (Phi) is 4.13. The first-order chi connectivity index (χ1) is 8.97. The molecule has 0 radical (unpaired) electrons. The third-order valence-electron chi connectivity index (χ3n) is 5.01. The zero-order valence-electron chi connectivity index (χ0n) is 11.2. The van der Waals surface area contributed by atoms with Crippen molar-refractivity contribution in [1.29, 1.82) is 0 Å². The van der Waals surface area contributed by atoms with Crippen LogP contribution in [0.2, 0.25) is 0 Å². The van der Waals surface area contributed by atoms with Crippen LogP contribution in [0.25, 0.3) is 0 Å². The van der Waals surface area contributed by atoms with Crippen molar-refractivity contribution in [2.45, 2.75) is 56.9 Å². The van der Waals surface area contributed by atoms with E-state index in [4.69, 9.17) is 5.73 Å².